The van der Waals surface area contributed by atoms with Gasteiger partial charge in [-0.1, -0.05) is 36.4 Å². The maximum atomic E-state index is 16.0. The zero-order chi connectivity index (χ0) is 19.7. The SMILES string of the molecule is CC(O)Cn1cc(C23OC(C)CN2c2ccccc2C3(F)F)c2ccccc21. The molecule has 3 heterocycles. The van der Waals surface area contributed by atoms with Crippen LogP contribution in [0.15, 0.2) is 54.7 Å². The molecule has 3 atom stereocenters. The molecular formula is C22H22F2N2O2. The van der Waals surface area contributed by atoms with E-state index in [9.17, 15) is 5.11 Å². The minimum Gasteiger partial charge on any atom is -0.392 e. The number of aromatic nitrogens is 1. The van der Waals surface area contributed by atoms with Crippen LogP contribution >= 0.6 is 0 Å². The number of fused-ring (bicyclic) bond motifs is 4. The number of alkyl halides is 2. The van der Waals surface area contributed by atoms with Crippen molar-refractivity contribution in [2.24, 2.45) is 0 Å². The van der Waals surface area contributed by atoms with Crippen molar-refractivity contribution in [1.82, 2.24) is 4.57 Å². The normalized spacial score (nSPS) is 26.5. The Morgan fingerprint density at radius 2 is 1.86 bits per heavy atom. The van der Waals surface area contributed by atoms with E-state index in [2.05, 4.69) is 0 Å². The molecule has 0 amide bonds. The lowest BCUT2D eigenvalue weighted by Crippen LogP contribution is -2.49. The van der Waals surface area contributed by atoms with E-state index < -0.39 is 17.8 Å². The third-order valence-corrected chi connectivity index (χ3v) is 5.76. The fourth-order valence-corrected chi connectivity index (χ4v) is 4.78. The molecule has 2 aliphatic heterocycles. The first-order valence-corrected chi connectivity index (χ1v) is 9.55. The van der Waals surface area contributed by atoms with Crippen molar-refractivity contribution < 1.29 is 18.6 Å². The molecule has 0 radical (unpaired) electrons. The first-order chi connectivity index (χ1) is 13.4. The van der Waals surface area contributed by atoms with Crippen LogP contribution in [0.1, 0.15) is 25.0 Å². The lowest BCUT2D eigenvalue weighted by Gasteiger charge is -2.36. The number of ether oxygens (including phenoxy) is 1. The van der Waals surface area contributed by atoms with Gasteiger partial charge in [-0.05, 0) is 26.0 Å². The molecule has 1 saturated heterocycles. The van der Waals surface area contributed by atoms with Crippen LogP contribution in [0.4, 0.5) is 14.5 Å². The highest BCUT2D eigenvalue weighted by atomic mass is 19.3. The molecule has 0 spiro atoms. The van der Waals surface area contributed by atoms with Gasteiger partial charge < -0.3 is 19.3 Å². The summed E-state index contributed by atoms with van der Waals surface area (Å²) in [7, 11) is 0. The predicted molar refractivity (Wildman–Crippen MR) is 104 cm³/mol. The van der Waals surface area contributed by atoms with E-state index in [1.165, 1.54) is 6.07 Å². The third kappa shape index (κ3) is 2.10. The molecule has 6 heteroatoms. The summed E-state index contributed by atoms with van der Waals surface area (Å²) in [6.45, 7) is 4.23. The van der Waals surface area contributed by atoms with Crippen molar-refractivity contribution in [2.75, 3.05) is 11.4 Å². The molecule has 0 aliphatic carbocycles. The van der Waals surface area contributed by atoms with Crippen molar-refractivity contribution >= 4 is 16.6 Å². The summed E-state index contributed by atoms with van der Waals surface area (Å²) in [4.78, 5) is 1.71. The molecule has 4 nitrogen and oxygen atoms in total. The van der Waals surface area contributed by atoms with Crippen LogP contribution in [0.5, 0.6) is 0 Å². The number of rotatable bonds is 3. The maximum Gasteiger partial charge on any atom is 0.326 e. The Kier molecular flexibility index (Phi) is 3.64. The summed E-state index contributed by atoms with van der Waals surface area (Å²) in [5, 5.41) is 10.6. The molecule has 2 aromatic carbocycles. The van der Waals surface area contributed by atoms with Crippen LogP contribution in [0.3, 0.4) is 0 Å². The number of nitrogens with zero attached hydrogens (tertiary/aromatic N) is 2. The third-order valence-electron chi connectivity index (χ3n) is 5.76. The van der Waals surface area contributed by atoms with Gasteiger partial charge in [-0.2, -0.15) is 8.78 Å². The fraction of sp³-hybridized carbons (Fsp3) is 0.364. The Labute approximate surface area is 161 Å². The number of aliphatic hydroxyl groups excluding tert-OH is 1. The summed E-state index contributed by atoms with van der Waals surface area (Å²) < 4.78 is 39.9. The molecule has 2 aliphatic rings. The minimum absolute atomic E-state index is 0.00532. The van der Waals surface area contributed by atoms with E-state index in [0.717, 1.165) is 10.9 Å². The Morgan fingerprint density at radius 3 is 2.64 bits per heavy atom. The van der Waals surface area contributed by atoms with E-state index >= 15 is 8.78 Å². The summed E-state index contributed by atoms with van der Waals surface area (Å²) in [6.07, 6.45) is 0.794. The number of anilines is 1. The topological polar surface area (TPSA) is 37.6 Å². The minimum atomic E-state index is -3.21. The largest absolute Gasteiger partial charge is 0.392 e. The molecule has 3 unspecified atom stereocenters. The van der Waals surface area contributed by atoms with Gasteiger partial charge in [0.05, 0.1) is 12.2 Å². The van der Waals surface area contributed by atoms with Gasteiger partial charge >= 0.3 is 5.92 Å². The molecular weight excluding hydrogens is 362 g/mol. The summed E-state index contributed by atoms with van der Waals surface area (Å²) >= 11 is 0. The summed E-state index contributed by atoms with van der Waals surface area (Å²) in [5.74, 6) is -3.21. The second-order valence-electron chi connectivity index (χ2n) is 7.84. The Balaban J connectivity index is 1.81. The average Bonchev–Trinajstić information content (AvgIpc) is 3.25. The second-order valence-corrected chi connectivity index (χ2v) is 7.84. The van der Waals surface area contributed by atoms with Gasteiger partial charge in [0.2, 0.25) is 5.72 Å². The van der Waals surface area contributed by atoms with Gasteiger partial charge in [0.25, 0.3) is 0 Å². The number of benzene rings is 2. The summed E-state index contributed by atoms with van der Waals surface area (Å²) in [5.41, 5.74) is -0.130. The fourth-order valence-electron chi connectivity index (χ4n) is 4.78. The smallest absolute Gasteiger partial charge is 0.326 e. The van der Waals surface area contributed by atoms with E-state index in [0.29, 0.717) is 24.3 Å². The molecule has 0 saturated carbocycles. The lowest BCUT2D eigenvalue weighted by atomic mass is 9.94. The van der Waals surface area contributed by atoms with Crippen LogP contribution in [0.2, 0.25) is 0 Å². The van der Waals surface area contributed by atoms with Gasteiger partial charge in [-0.25, -0.2) is 0 Å². The van der Waals surface area contributed by atoms with E-state index in [-0.39, 0.29) is 11.7 Å². The zero-order valence-electron chi connectivity index (χ0n) is 15.8. The van der Waals surface area contributed by atoms with Crippen molar-refractivity contribution in [3.8, 4) is 0 Å². The number of hydrogen-bond donors (Lipinski definition) is 1. The van der Waals surface area contributed by atoms with Gasteiger partial charge in [0.15, 0.2) is 0 Å². The van der Waals surface area contributed by atoms with Crippen molar-refractivity contribution in [3.63, 3.8) is 0 Å². The van der Waals surface area contributed by atoms with E-state index in [4.69, 9.17) is 4.74 Å². The molecule has 1 aromatic heterocycles. The molecule has 3 aromatic rings. The first kappa shape index (κ1) is 17.6. The first-order valence-electron chi connectivity index (χ1n) is 9.55. The van der Waals surface area contributed by atoms with Crippen molar-refractivity contribution in [1.29, 1.82) is 0 Å². The Morgan fingerprint density at radius 1 is 1.14 bits per heavy atom. The Bertz CT molecular complexity index is 1060. The van der Waals surface area contributed by atoms with Crippen LogP contribution in [0, 0.1) is 0 Å². The lowest BCUT2D eigenvalue weighted by molar-refractivity contribution is -0.202. The highest BCUT2D eigenvalue weighted by Gasteiger charge is 2.70. The number of halogens is 2. The number of aliphatic hydroxyl groups is 1. The number of hydrogen-bond acceptors (Lipinski definition) is 3. The van der Waals surface area contributed by atoms with Crippen LogP contribution < -0.4 is 4.90 Å². The predicted octanol–water partition coefficient (Wildman–Crippen LogP) is 4.21. The quantitative estimate of drug-likeness (QED) is 0.735. The van der Waals surface area contributed by atoms with Gasteiger partial charge in [0, 0.05) is 47.0 Å². The molecule has 1 fully saturated rings. The molecule has 28 heavy (non-hydrogen) atoms. The second kappa shape index (κ2) is 5.78. The van der Waals surface area contributed by atoms with Gasteiger partial charge in [-0.3, -0.25) is 0 Å². The van der Waals surface area contributed by atoms with Crippen LogP contribution in [-0.2, 0) is 22.9 Å². The summed E-state index contributed by atoms with van der Waals surface area (Å²) in [6, 6.07) is 14.1. The molecule has 5 rings (SSSR count). The average molecular weight is 384 g/mol. The number of para-hydroxylation sites is 2. The molecule has 1 N–H and O–H groups in total. The molecule has 0 bridgehead atoms. The highest BCUT2D eigenvalue weighted by Crippen LogP contribution is 2.63. The van der Waals surface area contributed by atoms with Gasteiger partial charge in [0.1, 0.15) is 0 Å². The molecule has 146 valence electrons. The van der Waals surface area contributed by atoms with Crippen LogP contribution in [-0.4, -0.2) is 28.4 Å². The van der Waals surface area contributed by atoms with Gasteiger partial charge in [-0.15, -0.1) is 0 Å². The van der Waals surface area contributed by atoms with E-state index in [1.807, 2.05) is 35.8 Å². The monoisotopic (exact) mass is 384 g/mol. The highest BCUT2D eigenvalue weighted by molar-refractivity contribution is 5.87. The Hall–Kier alpha value is -2.44. The maximum absolute atomic E-state index is 16.0. The zero-order valence-corrected chi connectivity index (χ0v) is 15.8. The van der Waals surface area contributed by atoms with E-state index in [1.54, 1.807) is 36.2 Å². The van der Waals surface area contributed by atoms with Crippen LogP contribution in [0.25, 0.3) is 10.9 Å². The standard InChI is InChI=1S/C22H22F2N2O2/c1-14(27)11-25-13-18(16-7-3-5-9-19(16)25)22-21(23,24)17-8-4-6-10-20(17)26(22)12-15(2)28-22/h3-10,13-15,27H,11-12H2,1-2H3. The van der Waals surface area contributed by atoms with Crippen molar-refractivity contribution in [2.45, 2.75) is 44.2 Å². The van der Waals surface area contributed by atoms with Crippen molar-refractivity contribution in [3.05, 3.63) is 65.9 Å².